The lowest BCUT2D eigenvalue weighted by molar-refractivity contribution is 1.38. The van der Waals surface area contributed by atoms with Crippen LogP contribution in [-0.2, 0) is 0 Å². The molecule has 0 radical (unpaired) electrons. The van der Waals surface area contributed by atoms with Gasteiger partial charge in [-0.05, 0) is 82.7 Å². The van der Waals surface area contributed by atoms with Crippen LogP contribution in [0.5, 0.6) is 0 Å². The minimum atomic E-state index is 1.12. The number of nitrogens with zero attached hydrogens (tertiary/aromatic N) is 1. The second kappa shape index (κ2) is 7.35. The summed E-state index contributed by atoms with van der Waals surface area (Å²) in [7, 11) is 0. The Labute approximate surface area is 191 Å². The van der Waals surface area contributed by atoms with E-state index in [0.717, 1.165) is 6.21 Å². The van der Waals surface area contributed by atoms with E-state index in [2.05, 4.69) is 96.3 Å². The number of hydrogen-bond donors (Lipinski definition) is 2. The van der Waals surface area contributed by atoms with Gasteiger partial charge in [-0.25, -0.2) is 0 Å². The van der Waals surface area contributed by atoms with Gasteiger partial charge >= 0.3 is 0 Å². The largest absolute Gasteiger partial charge is 0.405 e. The highest BCUT2D eigenvalue weighted by atomic mass is 14.9. The smallest absolute Gasteiger partial charge is 0.0620 e. The molecule has 7 aromatic rings. The molecular weight excluding hydrogens is 402 g/mol. The van der Waals surface area contributed by atoms with Crippen LogP contribution in [-0.4, -0.2) is 10.6 Å². The molecule has 0 saturated carbocycles. The summed E-state index contributed by atoms with van der Waals surface area (Å²) in [6, 6.07) is 31.5. The van der Waals surface area contributed by atoms with E-state index in [4.69, 9.17) is 11.1 Å². The number of benzene rings is 5. The van der Waals surface area contributed by atoms with E-state index >= 15 is 0 Å². The van der Waals surface area contributed by atoms with Crippen molar-refractivity contribution in [2.75, 3.05) is 0 Å². The van der Waals surface area contributed by atoms with Crippen LogP contribution in [0.2, 0.25) is 0 Å². The molecular formula is C30H23N3. The molecule has 0 aliphatic heterocycles. The molecule has 2 aromatic heterocycles. The van der Waals surface area contributed by atoms with Gasteiger partial charge in [0.05, 0.1) is 16.6 Å². The first-order valence-corrected chi connectivity index (χ1v) is 11.1. The molecule has 158 valence electrons. The monoisotopic (exact) mass is 425 g/mol. The summed E-state index contributed by atoms with van der Waals surface area (Å²) in [5.74, 6) is 0. The van der Waals surface area contributed by atoms with Gasteiger partial charge in [-0.1, -0.05) is 48.5 Å². The summed E-state index contributed by atoms with van der Waals surface area (Å²) in [4.78, 5) is 0. The van der Waals surface area contributed by atoms with Crippen molar-refractivity contribution in [3.05, 3.63) is 103 Å². The van der Waals surface area contributed by atoms with Crippen LogP contribution in [0.4, 0.5) is 0 Å². The highest BCUT2D eigenvalue weighted by Crippen LogP contribution is 2.41. The fourth-order valence-corrected chi connectivity index (χ4v) is 5.11. The molecule has 0 fully saturated rings. The molecule has 0 aliphatic carbocycles. The highest BCUT2D eigenvalue weighted by molar-refractivity contribution is 6.26. The number of allylic oxidation sites excluding steroid dienone is 1. The lowest BCUT2D eigenvalue weighted by atomic mass is 10.0. The zero-order chi connectivity index (χ0) is 22.5. The van der Waals surface area contributed by atoms with Crippen LogP contribution in [0, 0.1) is 12.3 Å². The lowest BCUT2D eigenvalue weighted by Crippen LogP contribution is -1.82. The van der Waals surface area contributed by atoms with E-state index in [1.54, 1.807) is 0 Å². The third kappa shape index (κ3) is 2.86. The number of rotatable bonds is 1. The van der Waals surface area contributed by atoms with Crippen LogP contribution in [0.3, 0.4) is 0 Å². The average Bonchev–Trinajstić information content (AvgIpc) is 3.32. The Balaban J connectivity index is 0.000000377. The average molecular weight is 426 g/mol. The summed E-state index contributed by atoms with van der Waals surface area (Å²) in [5.41, 5.74) is 10.1. The molecule has 0 unspecified atom stereocenters. The van der Waals surface area contributed by atoms with Crippen molar-refractivity contribution < 1.29 is 0 Å². The van der Waals surface area contributed by atoms with Gasteiger partial charge in [0, 0.05) is 27.8 Å². The SMILES string of the molecule is Cc1cc2c3cc4ccccc4cc3n3c4cc5ccccc5cc4c(c1)c23.N=C/C=C\N. The molecule has 5 aromatic carbocycles. The molecule has 0 amide bonds. The molecule has 7 rings (SSSR count). The fourth-order valence-electron chi connectivity index (χ4n) is 5.11. The van der Waals surface area contributed by atoms with Gasteiger partial charge in [-0.2, -0.15) is 0 Å². The molecule has 0 atom stereocenters. The summed E-state index contributed by atoms with van der Waals surface area (Å²) >= 11 is 0. The van der Waals surface area contributed by atoms with Gasteiger partial charge in [-0.15, -0.1) is 0 Å². The quantitative estimate of drug-likeness (QED) is 0.262. The topological polar surface area (TPSA) is 54.3 Å². The van der Waals surface area contributed by atoms with Gasteiger partial charge in [-0.3, -0.25) is 0 Å². The van der Waals surface area contributed by atoms with Crippen LogP contribution < -0.4 is 5.73 Å². The Bertz CT molecular complexity index is 1730. The molecule has 0 spiro atoms. The van der Waals surface area contributed by atoms with Crippen molar-refractivity contribution in [1.29, 1.82) is 5.41 Å². The summed E-state index contributed by atoms with van der Waals surface area (Å²) < 4.78 is 2.48. The van der Waals surface area contributed by atoms with Crippen molar-refractivity contribution in [2.45, 2.75) is 6.92 Å². The Morgan fingerprint density at radius 3 is 1.52 bits per heavy atom. The molecule has 0 bridgehead atoms. The second-order valence-electron chi connectivity index (χ2n) is 8.53. The second-order valence-corrected chi connectivity index (χ2v) is 8.53. The van der Waals surface area contributed by atoms with Crippen molar-refractivity contribution in [1.82, 2.24) is 4.40 Å². The lowest BCUT2D eigenvalue weighted by Gasteiger charge is -2.03. The van der Waals surface area contributed by atoms with E-state index in [-0.39, 0.29) is 0 Å². The van der Waals surface area contributed by atoms with Crippen molar-refractivity contribution in [3.63, 3.8) is 0 Å². The minimum Gasteiger partial charge on any atom is -0.405 e. The molecule has 3 N–H and O–H groups in total. The first kappa shape index (κ1) is 19.3. The Morgan fingerprint density at radius 1 is 0.667 bits per heavy atom. The van der Waals surface area contributed by atoms with Gasteiger partial charge < -0.3 is 15.5 Å². The number of aromatic nitrogens is 1. The van der Waals surface area contributed by atoms with Crippen molar-refractivity contribution in [3.8, 4) is 0 Å². The Morgan fingerprint density at radius 2 is 1.12 bits per heavy atom. The molecule has 33 heavy (non-hydrogen) atoms. The van der Waals surface area contributed by atoms with Crippen molar-refractivity contribution >= 4 is 65.9 Å². The van der Waals surface area contributed by atoms with E-state index < -0.39 is 0 Å². The number of fused-ring (bicyclic) bond motifs is 8. The first-order valence-electron chi connectivity index (χ1n) is 11.1. The molecule has 0 aliphatic rings. The predicted molar refractivity (Wildman–Crippen MR) is 143 cm³/mol. The van der Waals surface area contributed by atoms with Crippen LogP contribution in [0.25, 0.3) is 59.6 Å². The van der Waals surface area contributed by atoms with Gasteiger partial charge in [0.15, 0.2) is 0 Å². The van der Waals surface area contributed by atoms with Crippen LogP contribution >= 0.6 is 0 Å². The fraction of sp³-hybridized carbons (Fsp3) is 0.0333. The van der Waals surface area contributed by atoms with Crippen molar-refractivity contribution in [2.24, 2.45) is 5.73 Å². The number of hydrogen-bond acceptors (Lipinski definition) is 2. The number of aryl methyl sites for hydroxylation is 1. The number of nitrogens with two attached hydrogens (primary N) is 1. The summed E-state index contributed by atoms with van der Waals surface area (Å²) in [6.07, 6.45) is 3.88. The maximum absolute atomic E-state index is 6.31. The third-order valence-electron chi connectivity index (χ3n) is 6.48. The van der Waals surface area contributed by atoms with E-state index in [1.165, 1.54) is 77.5 Å². The normalized spacial score (nSPS) is 11.9. The van der Waals surface area contributed by atoms with Crippen LogP contribution in [0.15, 0.2) is 97.2 Å². The van der Waals surface area contributed by atoms with Gasteiger partial charge in [0.2, 0.25) is 0 Å². The number of nitrogens with one attached hydrogen (secondary N) is 1. The van der Waals surface area contributed by atoms with E-state index in [1.807, 2.05) is 0 Å². The van der Waals surface area contributed by atoms with Crippen LogP contribution in [0.1, 0.15) is 5.56 Å². The molecule has 3 nitrogen and oxygen atoms in total. The van der Waals surface area contributed by atoms with Gasteiger partial charge in [0.25, 0.3) is 0 Å². The first-order chi connectivity index (χ1) is 16.2. The van der Waals surface area contributed by atoms with E-state index in [0.29, 0.717) is 0 Å². The standard InChI is InChI=1S/C27H17N.C3H6N2/c1-16-10-23-21-12-17-6-2-4-8-19(17)14-25(21)28-26-15-20-9-5-3-7-18(20)13-22(26)24(11-16)27(23)28;4-2-1-3-5/h2-15H,1H3;1-4H,5H2/b;3-1-,4-2?. The maximum atomic E-state index is 6.31. The summed E-state index contributed by atoms with van der Waals surface area (Å²) in [6.45, 7) is 2.21. The summed E-state index contributed by atoms with van der Waals surface area (Å²) in [5, 5.41) is 16.9. The zero-order valence-electron chi connectivity index (χ0n) is 18.3. The Kier molecular flexibility index (Phi) is 4.30. The molecule has 0 saturated heterocycles. The van der Waals surface area contributed by atoms with E-state index in [9.17, 15) is 0 Å². The molecule has 3 heteroatoms. The Hall–Kier alpha value is -4.37. The maximum Gasteiger partial charge on any atom is 0.0620 e. The minimum absolute atomic E-state index is 1.12. The predicted octanol–water partition coefficient (Wildman–Crippen LogP) is 7.56. The highest BCUT2D eigenvalue weighted by Gasteiger charge is 2.18. The zero-order valence-corrected chi connectivity index (χ0v) is 18.3. The molecule has 2 heterocycles. The third-order valence-corrected chi connectivity index (χ3v) is 6.48. The van der Waals surface area contributed by atoms with Gasteiger partial charge in [0.1, 0.15) is 0 Å².